The molecule has 1 aromatic carbocycles. The fraction of sp³-hybridized carbons (Fsp3) is 0.357. The second kappa shape index (κ2) is 5.92. The highest BCUT2D eigenvalue weighted by atomic mass is 16.5. The molecule has 0 saturated heterocycles. The largest absolute Gasteiger partial charge is 0.482 e. The number of nitrogens with zero attached hydrogens (tertiary/aromatic N) is 2. The topological polar surface area (TPSA) is 89.3 Å². The van der Waals surface area contributed by atoms with Gasteiger partial charge in [-0.15, -0.1) is 0 Å². The van der Waals surface area contributed by atoms with Gasteiger partial charge in [0.1, 0.15) is 5.75 Å². The Morgan fingerprint density at radius 3 is 3.14 bits per heavy atom. The van der Waals surface area contributed by atoms with Crippen LogP contribution < -0.4 is 15.4 Å². The van der Waals surface area contributed by atoms with Gasteiger partial charge in [-0.05, 0) is 24.6 Å². The minimum Gasteiger partial charge on any atom is -0.482 e. The van der Waals surface area contributed by atoms with Gasteiger partial charge in [0.05, 0.1) is 5.69 Å². The molecule has 1 amide bonds. The van der Waals surface area contributed by atoms with Gasteiger partial charge in [0.25, 0.3) is 5.91 Å². The zero-order valence-electron chi connectivity index (χ0n) is 11.7. The summed E-state index contributed by atoms with van der Waals surface area (Å²) in [6.45, 7) is 3.30. The highest BCUT2D eigenvalue weighted by Crippen LogP contribution is 2.28. The van der Waals surface area contributed by atoms with E-state index in [0.29, 0.717) is 30.4 Å². The molecular weight excluding hydrogens is 272 g/mol. The summed E-state index contributed by atoms with van der Waals surface area (Å²) in [4.78, 5) is 15.4. The van der Waals surface area contributed by atoms with E-state index in [9.17, 15) is 4.79 Å². The van der Waals surface area contributed by atoms with E-state index in [4.69, 9.17) is 9.26 Å². The predicted octanol–water partition coefficient (Wildman–Crippen LogP) is 1.04. The molecule has 1 aliphatic heterocycles. The summed E-state index contributed by atoms with van der Waals surface area (Å²) >= 11 is 0. The number of amides is 1. The fourth-order valence-electron chi connectivity index (χ4n) is 2.11. The number of rotatable bonds is 5. The first-order valence-corrected chi connectivity index (χ1v) is 6.76. The molecule has 21 heavy (non-hydrogen) atoms. The van der Waals surface area contributed by atoms with Crippen LogP contribution in [0, 0.1) is 6.92 Å². The van der Waals surface area contributed by atoms with Crippen molar-refractivity contribution >= 4 is 11.6 Å². The fourth-order valence-corrected chi connectivity index (χ4v) is 2.11. The van der Waals surface area contributed by atoms with Crippen molar-refractivity contribution in [1.29, 1.82) is 0 Å². The van der Waals surface area contributed by atoms with Crippen molar-refractivity contribution in [1.82, 2.24) is 15.5 Å². The van der Waals surface area contributed by atoms with E-state index in [0.717, 1.165) is 17.8 Å². The number of carbonyl (C=O) groups is 1. The van der Waals surface area contributed by atoms with E-state index in [1.807, 2.05) is 18.2 Å². The van der Waals surface area contributed by atoms with Gasteiger partial charge in [-0.25, -0.2) is 0 Å². The maximum absolute atomic E-state index is 11.3. The molecule has 3 rings (SSSR count). The number of anilines is 1. The summed E-state index contributed by atoms with van der Waals surface area (Å²) in [7, 11) is 0. The SMILES string of the molecule is Cc1noc(CCNCc2ccc3c(c2)NC(=O)CO3)n1. The van der Waals surface area contributed by atoms with E-state index >= 15 is 0 Å². The molecule has 0 unspecified atom stereocenters. The summed E-state index contributed by atoms with van der Waals surface area (Å²) in [6, 6.07) is 5.75. The number of fused-ring (bicyclic) bond motifs is 1. The molecule has 1 aromatic heterocycles. The molecule has 7 nitrogen and oxygen atoms in total. The van der Waals surface area contributed by atoms with Crippen molar-refractivity contribution in [3.8, 4) is 5.75 Å². The summed E-state index contributed by atoms with van der Waals surface area (Å²) < 4.78 is 10.4. The highest BCUT2D eigenvalue weighted by Gasteiger charge is 2.15. The third-order valence-corrected chi connectivity index (χ3v) is 3.09. The molecule has 110 valence electrons. The van der Waals surface area contributed by atoms with Gasteiger partial charge >= 0.3 is 0 Å². The Morgan fingerprint density at radius 1 is 1.43 bits per heavy atom. The van der Waals surface area contributed by atoms with Crippen LogP contribution in [-0.2, 0) is 17.8 Å². The Bertz CT molecular complexity index is 653. The first-order valence-electron chi connectivity index (χ1n) is 6.76. The predicted molar refractivity (Wildman–Crippen MR) is 75.0 cm³/mol. The highest BCUT2D eigenvalue weighted by molar-refractivity contribution is 5.95. The first kappa shape index (κ1) is 13.6. The molecule has 0 radical (unpaired) electrons. The van der Waals surface area contributed by atoms with Crippen LogP contribution >= 0.6 is 0 Å². The standard InChI is InChI=1S/C14H16N4O3/c1-9-16-14(21-18-9)4-5-15-7-10-2-3-12-11(6-10)17-13(19)8-20-12/h2-3,6,15H,4-5,7-8H2,1H3,(H,17,19). The lowest BCUT2D eigenvalue weighted by Crippen LogP contribution is -2.25. The average molecular weight is 288 g/mol. The molecular formula is C14H16N4O3. The number of ether oxygens (including phenoxy) is 1. The maximum atomic E-state index is 11.3. The number of benzene rings is 1. The summed E-state index contributed by atoms with van der Waals surface area (Å²) in [5.41, 5.74) is 1.79. The van der Waals surface area contributed by atoms with Gasteiger partial charge in [-0.3, -0.25) is 4.79 Å². The molecule has 2 aromatic rings. The first-order chi connectivity index (χ1) is 10.2. The molecule has 0 bridgehead atoms. The molecule has 0 spiro atoms. The van der Waals surface area contributed by atoms with Gasteiger partial charge in [0.2, 0.25) is 5.89 Å². The summed E-state index contributed by atoms with van der Waals surface area (Å²) in [6.07, 6.45) is 0.686. The van der Waals surface area contributed by atoms with E-state index in [2.05, 4.69) is 20.8 Å². The monoisotopic (exact) mass is 288 g/mol. The van der Waals surface area contributed by atoms with Crippen molar-refractivity contribution in [2.24, 2.45) is 0 Å². The number of carbonyl (C=O) groups excluding carboxylic acids is 1. The Labute approximate surface area is 121 Å². The van der Waals surface area contributed by atoms with Gasteiger partial charge in [0, 0.05) is 19.5 Å². The second-order valence-corrected chi connectivity index (χ2v) is 4.83. The number of nitrogens with one attached hydrogen (secondary N) is 2. The van der Waals surface area contributed by atoms with Gasteiger partial charge < -0.3 is 19.9 Å². The molecule has 0 aliphatic carbocycles. The number of aryl methyl sites for hydroxylation is 1. The van der Waals surface area contributed by atoms with Crippen LogP contribution in [0.1, 0.15) is 17.3 Å². The van der Waals surface area contributed by atoms with Crippen molar-refractivity contribution in [2.75, 3.05) is 18.5 Å². The Balaban J connectivity index is 1.51. The molecule has 1 aliphatic rings. The quantitative estimate of drug-likeness (QED) is 0.799. The zero-order chi connectivity index (χ0) is 14.7. The number of aromatic nitrogens is 2. The minimum absolute atomic E-state index is 0.0776. The lowest BCUT2D eigenvalue weighted by Gasteiger charge is -2.18. The lowest BCUT2D eigenvalue weighted by atomic mass is 10.1. The van der Waals surface area contributed by atoms with Crippen LogP contribution in [-0.4, -0.2) is 29.2 Å². The van der Waals surface area contributed by atoms with Crippen molar-refractivity contribution in [3.05, 3.63) is 35.5 Å². The molecule has 2 heterocycles. The molecule has 2 N–H and O–H groups in total. The normalized spacial score (nSPS) is 13.5. The lowest BCUT2D eigenvalue weighted by molar-refractivity contribution is -0.118. The van der Waals surface area contributed by atoms with Crippen LogP contribution in [0.2, 0.25) is 0 Å². The molecule has 0 atom stereocenters. The van der Waals surface area contributed by atoms with Crippen LogP contribution in [0.25, 0.3) is 0 Å². The Kier molecular flexibility index (Phi) is 3.83. The molecule has 0 fully saturated rings. The summed E-state index contributed by atoms with van der Waals surface area (Å²) in [5.74, 6) is 1.86. The van der Waals surface area contributed by atoms with E-state index in [-0.39, 0.29) is 12.5 Å². The van der Waals surface area contributed by atoms with Crippen molar-refractivity contribution in [3.63, 3.8) is 0 Å². The third kappa shape index (κ3) is 3.38. The Morgan fingerprint density at radius 2 is 2.33 bits per heavy atom. The third-order valence-electron chi connectivity index (χ3n) is 3.09. The van der Waals surface area contributed by atoms with Gasteiger partial charge in [0.15, 0.2) is 12.4 Å². The van der Waals surface area contributed by atoms with E-state index in [1.54, 1.807) is 6.92 Å². The van der Waals surface area contributed by atoms with Crippen LogP contribution in [0.4, 0.5) is 5.69 Å². The van der Waals surface area contributed by atoms with E-state index < -0.39 is 0 Å². The van der Waals surface area contributed by atoms with Crippen LogP contribution in [0.5, 0.6) is 5.75 Å². The van der Waals surface area contributed by atoms with Crippen LogP contribution in [0.3, 0.4) is 0 Å². The molecule has 0 saturated carbocycles. The minimum atomic E-state index is -0.126. The zero-order valence-corrected chi connectivity index (χ0v) is 11.7. The van der Waals surface area contributed by atoms with Gasteiger partial charge in [-0.1, -0.05) is 11.2 Å². The number of hydrogen-bond donors (Lipinski definition) is 2. The smallest absolute Gasteiger partial charge is 0.262 e. The Hall–Kier alpha value is -2.41. The van der Waals surface area contributed by atoms with E-state index in [1.165, 1.54) is 0 Å². The van der Waals surface area contributed by atoms with Crippen molar-refractivity contribution < 1.29 is 14.1 Å². The average Bonchev–Trinajstić information content (AvgIpc) is 2.89. The second-order valence-electron chi connectivity index (χ2n) is 4.83. The number of hydrogen-bond acceptors (Lipinski definition) is 6. The molecule has 7 heteroatoms. The van der Waals surface area contributed by atoms with Gasteiger partial charge in [-0.2, -0.15) is 4.98 Å². The maximum Gasteiger partial charge on any atom is 0.262 e. The van der Waals surface area contributed by atoms with Crippen molar-refractivity contribution in [2.45, 2.75) is 19.9 Å². The summed E-state index contributed by atoms with van der Waals surface area (Å²) in [5, 5.41) is 9.83. The van der Waals surface area contributed by atoms with Crippen LogP contribution in [0.15, 0.2) is 22.7 Å².